The molecule has 1 heterocycles. The van der Waals surface area contributed by atoms with Crippen molar-refractivity contribution >= 4 is 5.97 Å². The first-order valence-corrected chi connectivity index (χ1v) is 21.4. The molecule has 9 unspecified atom stereocenters. The second-order valence-corrected chi connectivity index (χ2v) is 20.5. The van der Waals surface area contributed by atoms with Gasteiger partial charge in [-0.3, -0.25) is 4.79 Å². The quantitative estimate of drug-likeness (QED) is 0.104. The molecule has 2 bridgehead atoms. The van der Waals surface area contributed by atoms with Crippen molar-refractivity contribution in [2.45, 2.75) is 202 Å². The SMILES string of the molecule is CCCCCCC=CCCCCCCCC(=O)OC1CCC2(C)C(CCC3(C)C2C=CC24OCC5(CCC(C)(C)CC52)CCC34C)C1(C)C. The van der Waals surface area contributed by atoms with Crippen molar-refractivity contribution in [3.8, 4) is 0 Å². The second kappa shape index (κ2) is 14.0. The molecule has 0 aromatic heterocycles. The van der Waals surface area contributed by atoms with Gasteiger partial charge >= 0.3 is 5.97 Å². The molecule has 49 heavy (non-hydrogen) atoms. The van der Waals surface area contributed by atoms with E-state index in [1.165, 1.54) is 103 Å². The van der Waals surface area contributed by atoms with E-state index >= 15 is 0 Å². The fourth-order valence-electron chi connectivity index (χ4n) is 13.6. The standard InChI is InChI=1S/C46H76O3/c1-9-10-11-12-13-14-15-16-17-18-19-20-21-22-39(47)49-38-25-26-42(6)35(41(38,4)5)23-27-43(7)36(42)24-28-46-37-33-40(2,3)29-31-45(37,34-48-46)32-30-44(43,46)8/h14-15,24,28,35-38H,9-13,16-23,25-27,29-34H2,1-8H3. The number of allylic oxidation sites excluding steroid dienone is 3. The molecule has 0 aromatic rings. The highest BCUT2D eigenvalue weighted by Crippen LogP contribution is 2.79. The summed E-state index contributed by atoms with van der Waals surface area (Å²) in [6, 6.07) is 0. The fourth-order valence-corrected chi connectivity index (χ4v) is 13.6. The number of unbranched alkanes of at least 4 members (excludes halogenated alkanes) is 9. The van der Waals surface area contributed by atoms with E-state index in [-0.39, 0.29) is 39.3 Å². The van der Waals surface area contributed by atoms with E-state index in [9.17, 15) is 4.79 Å². The minimum Gasteiger partial charge on any atom is -0.462 e. The van der Waals surface area contributed by atoms with Gasteiger partial charge in [-0.15, -0.1) is 0 Å². The predicted molar refractivity (Wildman–Crippen MR) is 204 cm³/mol. The third-order valence-corrected chi connectivity index (χ3v) is 16.9. The van der Waals surface area contributed by atoms with Crippen LogP contribution in [0.1, 0.15) is 190 Å². The third-order valence-electron chi connectivity index (χ3n) is 16.9. The van der Waals surface area contributed by atoms with Gasteiger partial charge in [0.2, 0.25) is 0 Å². The molecule has 6 aliphatic rings. The van der Waals surface area contributed by atoms with Crippen LogP contribution in [0.5, 0.6) is 0 Å². The molecule has 278 valence electrons. The van der Waals surface area contributed by atoms with Crippen LogP contribution in [0.4, 0.5) is 0 Å². The number of carbonyl (C=O) groups excluding carboxylic acids is 1. The number of esters is 1. The molecule has 3 nitrogen and oxygen atoms in total. The molecule has 1 aliphatic heterocycles. The van der Waals surface area contributed by atoms with Gasteiger partial charge in [0.1, 0.15) is 6.10 Å². The maximum Gasteiger partial charge on any atom is 0.306 e. The van der Waals surface area contributed by atoms with Crippen LogP contribution in [0.2, 0.25) is 0 Å². The Morgan fingerprint density at radius 3 is 2.18 bits per heavy atom. The van der Waals surface area contributed by atoms with Gasteiger partial charge in [0.05, 0.1) is 12.2 Å². The second-order valence-electron chi connectivity index (χ2n) is 20.5. The Morgan fingerprint density at radius 1 is 0.776 bits per heavy atom. The average Bonchev–Trinajstić information content (AvgIpc) is 3.28. The highest BCUT2D eigenvalue weighted by Gasteiger charge is 2.77. The number of rotatable bonds is 14. The number of hydrogen-bond acceptors (Lipinski definition) is 3. The number of ether oxygens (including phenoxy) is 2. The van der Waals surface area contributed by atoms with E-state index in [1.807, 2.05) is 0 Å². The number of fused-ring (bicyclic) bond motifs is 4. The van der Waals surface area contributed by atoms with Crippen molar-refractivity contribution in [2.75, 3.05) is 6.61 Å². The van der Waals surface area contributed by atoms with Gasteiger partial charge < -0.3 is 9.47 Å². The van der Waals surface area contributed by atoms with Crippen molar-refractivity contribution < 1.29 is 14.3 Å². The first-order chi connectivity index (χ1) is 23.2. The summed E-state index contributed by atoms with van der Waals surface area (Å²) in [4.78, 5) is 13.2. The molecule has 4 saturated carbocycles. The maximum absolute atomic E-state index is 13.2. The normalized spacial score (nSPS) is 43.0. The van der Waals surface area contributed by atoms with Crippen LogP contribution in [0.15, 0.2) is 24.3 Å². The largest absolute Gasteiger partial charge is 0.462 e. The smallest absolute Gasteiger partial charge is 0.306 e. The van der Waals surface area contributed by atoms with Crippen LogP contribution in [-0.2, 0) is 14.3 Å². The predicted octanol–water partition coefficient (Wildman–Crippen LogP) is 13.0. The van der Waals surface area contributed by atoms with Gasteiger partial charge in [-0.25, -0.2) is 0 Å². The first kappa shape index (κ1) is 37.7. The van der Waals surface area contributed by atoms with Gasteiger partial charge in [-0.05, 0) is 123 Å². The number of hydrogen-bond donors (Lipinski definition) is 0. The summed E-state index contributed by atoms with van der Waals surface area (Å²) < 4.78 is 13.6. The van der Waals surface area contributed by atoms with Crippen LogP contribution in [0.3, 0.4) is 0 Å². The molecule has 0 amide bonds. The summed E-state index contributed by atoms with van der Waals surface area (Å²) in [5, 5.41) is 0. The summed E-state index contributed by atoms with van der Waals surface area (Å²) in [5.74, 6) is 1.79. The molecule has 9 atom stereocenters. The zero-order valence-electron chi connectivity index (χ0n) is 33.4. The van der Waals surface area contributed by atoms with E-state index < -0.39 is 0 Å². The average molecular weight is 677 g/mol. The topological polar surface area (TPSA) is 35.5 Å². The Balaban J connectivity index is 1.03. The zero-order chi connectivity index (χ0) is 35.2. The fraction of sp³-hybridized carbons (Fsp3) is 0.891. The van der Waals surface area contributed by atoms with Crippen LogP contribution < -0.4 is 0 Å². The first-order valence-electron chi connectivity index (χ1n) is 21.4. The van der Waals surface area contributed by atoms with Crippen molar-refractivity contribution in [1.82, 2.24) is 0 Å². The number of carbonyl (C=O) groups is 1. The lowest BCUT2D eigenvalue weighted by Gasteiger charge is -2.72. The van der Waals surface area contributed by atoms with Gasteiger partial charge in [0, 0.05) is 23.2 Å². The van der Waals surface area contributed by atoms with Crippen LogP contribution in [-0.4, -0.2) is 24.3 Å². The highest BCUT2D eigenvalue weighted by molar-refractivity contribution is 5.69. The van der Waals surface area contributed by atoms with Gasteiger partial charge in [0.15, 0.2) is 0 Å². The third kappa shape index (κ3) is 6.37. The minimum atomic E-state index is -0.107. The molecule has 6 rings (SSSR count). The Labute approximate surface area is 302 Å². The molecule has 5 fully saturated rings. The van der Waals surface area contributed by atoms with Crippen molar-refractivity contribution in [3.05, 3.63) is 24.3 Å². The van der Waals surface area contributed by atoms with Crippen LogP contribution >= 0.6 is 0 Å². The minimum absolute atomic E-state index is 0.0175. The lowest BCUT2D eigenvalue weighted by Crippen LogP contribution is -2.70. The van der Waals surface area contributed by atoms with Crippen molar-refractivity contribution in [2.24, 2.45) is 50.2 Å². The zero-order valence-corrected chi connectivity index (χ0v) is 33.4. The van der Waals surface area contributed by atoms with Gasteiger partial charge in [0.25, 0.3) is 0 Å². The lowest BCUT2D eigenvalue weighted by molar-refractivity contribution is -0.245. The van der Waals surface area contributed by atoms with Gasteiger partial charge in [-0.2, -0.15) is 0 Å². The molecule has 3 heteroatoms. The van der Waals surface area contributed by atoms with Crippen LogP contribution in [0, 0.1) is 50.2 Å². The van der Waals surface area contributed by atoms with E-state index in [0.29, 0.717) is 35.0 Å². The molecule has 0 N–H and O–H groups in total. The summed E-state index contributed by atoms with van der Waals surface area (Å²) >= 11 is 0. The molecular weight excluding hydrogens is 601 g/mol. The molecular formula is C46H76O3. The lowest BCUT2D eigenvalue weighted by atomic mass is 9.32. The van der Waals surface area contributed by atoms with E-state index in [2.05, 4.69) is 79.7 Å². The van der Waals surface area contributed by atoms with E-state index in [0.717, 1.165) is 32.3 Å². The Kier molecular flexibility index (Phi) is 10.8. The Hall–Kier alpha value is -1.09. The van der Waals surface area contributed by atoms with Gasteiger partial charge in [-0.1, -0.05) is 118 Å². The van der Waals surface area contributed by atoms with Crippen molar-refractivity contribution in [3.63, 3.8) is 0 Å². The maximum atomic E-state index is 13.2. The molecule has 0 radical (unpaired) electrons. The Bertz CT molecular complexity index is 1230. The highest BCUT2D eigenvalue weighted by atomic mass is 16.5. The van der Waals surface area contributed by atoms with Crippen molar-refractivity contribution in [1.29, 1.82) is 0 Å². The molecule has 1 spiro atoms. The Morgan fingerprint density at radius 2 is 1.45 bits per heavy atom. The van der Waals surface area contributed by atoms with E-state index in [1.54, 1.807) is 0 Å². The summed E-state index contributed by atoms with van der Waals surface area (Å²) in [5.41, 5.74) is 1.27. The summed E-state index contributed by atoms with van der Waals surface area (Å²) in [6.45, 7) is 21.1. The monoisotopic (exact) mass is 677 g/mol. The molecule has 5 aliphatic carbocycles. The van der Waals surface area contributed by atoms with Crippen LogP contribution in [0.25, 0.3) is 0 Å². The molecule has 1 saturated heterocycles. The van der Waals surface area contributed by atoms with E-state index in [4.69, 9.17) is 9.47 Å². The summed E-state index contributed by atoms with van der Waals surface area (Å²) in [7, 11) is 0. The summed E-state index contributed by atoms with van der Waals surface area (Å²) in [6.07, 6.45) is 35.8. The molecule has 0 aromatic carbocycles.